The molecule has 0 aliphatic heterocycles. The van der Waals surface area contributed by atoms with Crippen LogP contribution in [0.4, 0.5) is 0 Å². The van der Waals surface area contributed by atoms with E-state index in [1.54, 1.807) is 7.11 Å². The predicted octanol–water partition coefficient (Wildman–Crippen LogP) is 3.89. The Hall–Kier alpha value is -0.500. The zero-order valence-corrected chi connectivity index (χ0v) is 10.6. The molecule has 0 saturated heterocycles. The van der Waals surface area contributed by atoms with Crippen LogP contribution >= 0.6 is 15.9 Å². The molecule has 0 aromatic heterocycles. The third-order valence-corrected chi connectivity index (χ3v) is 2.99. The van der Waals surface area contributed by atoms with E-state index < -0.39 is 0 Å². The van der Waals surface area contributed by atoms with Gasteiger partial charge in [-0.25, -0.2) is 0 Å². The van der Waals surface area contributed by atoms with E-state index in [1.165, 1.54) is 17.5 Å². The van der Waals surface area contributed by atoms with Crippen molar-refractivity contribution in [2.75, 3.05) is 12.4 Å². The van der Waals surface area contributed by atoms with Gasteiger partial charge in [-0.2, -0.15) is 0 Å². The summed E-state index contributed by atoms with van der Waals surface area (Å²) in [5.74, 6) is 1.58. The van der Waals surface area contributed by atoms with E-state index >= 15 is 0 Å². The van der Waals surface area contributed by atoms with Crippen molar-refractivity contribution in [3.05, 3.63) is 29.3 Å². The summed E-state index contributed by atoms with van der Waals surface area (Å²) in [4.78, 5) is 0. The lowest BCUT2D eigenvalue weighted by molar-refractivity contribution is 0.411. The van der Waals surface area contributed by atoms with Gasteiger partial charge in [0.15, 0.2) is 0 Å². The maximum absolute atomic E-state index is 5.23. The third kappa shape index (κ3) is 2.74. The fourth-order valence-corrected chi connectivity index (χ4v) is 2.23. The summed E-state index contributed by atoms with van der Waals surface area (Å²) in [7, 11) is 1.71. The lowest BCUT2D eigenvalue weighted by Crippen LogP contribution is -1.96. The summed E-state index contributed by atoms with van der Waals surface area (Å²) in [6.45, 7) is 4.34. The van der Waals surface area contributed by atoms with E-state index in [0.29, 0.717) is 5.92 Å². The summed E-state index contributed by atoms with van der Waals surface area (Å²) < 4.78 is 5.23. The molecule has 1 unspecified atom stereocenters. The van der Waals surface area contributed by atoms with E-state index in [4.69, 9.17) is 4.74 Å². The summed E-state index contributed by atoms with van der Waals surface area (Å²) in [5, 5.41) is 1.05. The lowest BCUT2D eigenvalue weighted by Gasteiger charge is -2.12. The molecule has 14 heavy (non-hydrogen) atoms. The summed E-state index contributed by atoms with van der Waals surface area (Å²) in [6, 6.07) is 6.42. The Balaban J connectivity index is 2.85. The molecule has 0 radical (unpaired) electrons. The van der Waals surface area contributed by atoms with E-state index in [9.17, 15) is 0 Å². The van der Waals surface area contributed by atoms with Crippen molar-refractivity contribution >= 4 is 15.9 Å². The number of hydrogen-bond acceptors (Lipinski definition) is 1. The summed E-state index contributed by atoms with van der Waals surface area (Å²) >= 11 is 3.47. The minimum Gasteiger partial charge on any atom is -0.496 e. The van der Waals surface area contributed by atoms with Crippen molar-refractivity contribution in [2.45, 2.75) is 26.2 Å². The first-order chi connectivity index (χ1) is 6.69. The van der Waals surface area contributed by atoms with Crippen molar-refractivity contribution in [1.29, 1.82) is 0 Å². The van der Waals surface area contributed by atoms with Crippen molar-refractivity contribution in [1.82, 2.24) is 0 Å². The lowest BCUT2D eigenvalue weighted by atomic mass is 9.97. The first-order valence-corrected chi connectivity index (χ1v) is 6.01. The number of hydrogen-bond donors (Lipinski definition) is 0. The smallest absolute Gasteiger partial charge is 0.121 e. The molecule has 0 amide bonds. The highest BCUT2D eigenvalue weighted by molar-refractivity contribution is 9.09. The second kappa shape index (κ2) is 5.40. The highest BCUT2D eigenvalue weighted by atomic mass is 79.9. The minimum atomic E-state index is 0.610. The van der Waals surface area contributed by atoms with Gasteiger partial charge in [0.1, 0.15) is 5.75 Å². The Kier molecular flexibility index (Phi) is 4.46. The molecular weight excluding hydrogens is 240 g/mol. The summed E-state index contributed by atoms with van der Waals surface area (Å²) in [6.07, 6.45) is 1.17. The van der Waals surface area contributed by atoms with Gasteiger partial charge < -0.3 is 4.74 Å². The molecule has 2 heteroatoms. The molecule has 0 saturated carbocycles. The Morgan fingerprint density at radius 2 is 2.14 bits per heavy atom. The highest BCUT2D eigenvalue weighted by Crippen LogP contribution is 2.25. The van der Waals surface area contributed by atoms with Gasteiger partial charge in [-0.1, -0.05) is 35.0 Å². The molecule has 0 aliphatic carbocycles. The highest BCUT2D eigenvalue weighted by Gasteiger charge is 2.06. The van der Waals surface area contributed by atoms with Crippen molar-refractivity contribution in [3.8, 4) is 5.75 Å². The van der Waals surface area contributed by atoms with Crippen LogP contribution < -0.4 is 4.74 Å². The molecular formula is C12H17BrO. The van der Waals surface area contributed by atoms with Gasteiger partial charge in [0.25, 0.3) is 0 Å². The quantitative estimate of drug-likeness (QED) is 0.743. The number of alkyl halides is 1. The number of aryl methyl sites for hydroxylation is 1. The average Bonchev–Trinajstić information content (AvgIpc) is 2.18. The average molecular weight is 257 g/mol. The van der Waals surface area contributed by atoms with Gasteiger partial charge >= 0.3 is 0 Å². The van der Waals surface area contributed by atoms with Crippen LogP contribution in [0, 0.1) is 6.92 Å². The minimum absolute atomic E-state index is 0.610. The van der Waals surface area contributed by atoms with Crippen LogP contribution in [0.3, 0.4) is 0 Å². The first-order valence-electron chi connectivity index (χ1n) is 4.89. The van der Waals surface area contributed by atoms with Crippen LogP contribution in [0.1, 0.15) is 30.4 Å². The molecule has 1 nitrogen and oxygen atoms in total. The van der Waals surface area contributed by atoms with Crippen molar-refractivity contribution in [2.24, 2.45) is 0 Å². The number of ether oxygens (including phenoxy) is 1. The molecule has 1 atom stereocenters. The Morgan fingerprint density at radius 3 is 2.64 bits per heavy atom. The molecule has 78 valence electrons. The molecule has 1 aromatic carbocycles. The van der Waals surface area contributed by atoms with Gasteiger partial charge in [0.05, 0.1) is 7.11 Å². The standard InChI is InChI=1S/C12H17BrO/c1-9(6-7-13)11-4-5-12(14-3)10(2)8-11/h4-5,8-9H,6-7H2,1-3H3. The predicted molar refractivity (Wildman–Crippen MR) is 64.6 cm³/mol. The number of benzene rings is 1. The molecule has 1 aromatic rings. The number of rotatable bonds is 4. The van der Waals surface area contributed by atoms with Crippen LogP contribution in [-0.2, 0) is 0 Å². The fraction of sp³-hybridized carbons (Fsp3) is 0.500. The van der Waals surface area contributed by atoms with E-state index in [1.807, 2.05) is 0 Å². The van der Waals surface area contributed by atoms with Gasteiger partial charge in [0, 0.05) is 5.33 Å². The summed E-state index contributed by atoms with van der Waals surface area (Å²) in [5.41, 5.74) is 2.61. The van der Waals surface area contributed by atoms with Gasteiger partial charge in [0.2, 0.25) is 0 Å². The first kappa shape index (κ1) is 11.6. The Bertz CT molecular complexity index is 296. The topological polar surface area (TPSA) is 9.23 Å². The van der Waals surface area contributed by atoms with E-state index in [2.05, 4.69) is 48.0 Å². The zero-order chi connectivity index (χ0) is 10.6. The monoisotopic (exact) mass is 256 g/mol. The molecule has 0 heterocycles. The van der Waals surface area contributed by atoms with Gasteiger partial charge in [-0.3, -0.25) is 0 Å². The maximum Gasteiger partial charge on any atom is 0.121 e. The Labute approximate surface area is 94.6 Å². The largest absolute Gasteiger partial charge is 0.496 e. The second-order valence-electron chi connectivity index (χ2n) is 3.61. The second-order valence-corrected chi connectivity index (χ2v) is 4.40. The van der Waals surface area contributed by atoms with Crippen LogP contribution in [0.15, 0.2) is 18.2 Å². The van der Waals surface area contributed by atoms with Crippen molar-refractivity contribution < 1.29 is 4.74 Å². The maximum atomic E-state index is 5.23. The number of methoxy groups -OCH3 is 1. The fourth-order valence-electron chi connectivity index (χ4n) is 1.54. The molecule has 0 bridgehead atoms. The van der Waals surface area contributed by atoms with Gasteiger partial charge in [-0.15, -0.1) is 0 Å². The van der Waals surface area contributed by atoms with Crippen molar-refractivity contribution in [3.63, 3.8) is 0 Å². The van der Waals surface area contributed by atoms with Crippen LogP contribution in [0.5, 0.6) is 5.75 Å². The normalized spacial score (nSPS) is 12.6. The molecule has 0 spiro atoms. The van der Waals surface area contributed by atoms with Gasteiger partial charge in [-0.05, 0) is 36.5 Å². The van der Waals surface area contributed by atoms with E-state index in [-0.39, 0.29) is 0 Å². The molecule has 0 N–H and O–H groups in total. The number of halogens is 1. The zero-order valence-electron chi connectivity index (χ0n) is 9.01. The van der Waals surface area contributed by atoms with Crippen LogP contribution in [0.2, 0.25) is 0 Å². The van der Waals surface area contributed by atoms with Crippen LogP contribution in [0.25, 0.3) is 0 Å². The molecule has 1 rings (SSSR count). The Morgan fingerprint density at radius 1 is 1.43 bits per heavy atom. The third-order valence-electron chi connectivity index (χ3n) is 2.53. The van der Waals surface area contributed by atoms with Crippen LogP contribution in [-0.4, -0.2) is 12.4 Å². The molecule has 0 aliphatic rings. The SMILES string of the molecule is COc1ccc(C(C)CCBr)cc1C. The molecule has 0 fully saturated rings. The van der Waals surface area contributed by atoms with E-state index in [0.717, 1.165) is 11.1 Å².